The molecule has 10 heavy (non-hydrogen) atoms. The minimum atomic E-state index is 0.340. The third-order valence-corrected chi connectivity index (χ3v) is 1.82. The molecule has 1 heteroatoms. The first-order chi connectivity index (χ1) is 4.48. The zero-order valence-electron chi connectivity index (χ0n) is 7.68. The molecule has 0 N–H and O–H groups in total. The Morgan fingerprint density at radius 2 is 1.80 bits per heavy atom. The Morgan fingerprint density at radius 1 is 1.30 bits per heavy atom. The van der Waals surface area contributed by atoms with Gasteiger partial charge in [-0.15, -0.1) is 4.67 Å². The van der Waals surface area contributed by atoms with E-state index in [9.17, 15) is 0 Å². The number of hydrogen-bond acceptors (Lipinski definition) is 0. The number of hydrogen-bond donors (Lipinski definition) is 0. The molecule has 0 bridgehead atoms. The topological polar surface area (TPSA) is 14.1 Å². The molecule has 58 valence electrons. The van der Waals surface area contributed by atoms with E-state index in [0.717, 1.165) is 0 Å². The second kappa shape index (κ2) is 3.58. The van der Waals surface area contributed by atoms with E-state index in [1.165, 1.54) is 0 Å². The molecule has 0 radical (unpaired) electrons. The summed E-state index contributed by atoms with van der Waals surface area (Å²) < 4.78 is 4.09. The summed E-state index contributed by atoms with van der Waals surface area (Å²) in [4.78, 5) is 0. The Morgan fingerprint density at radius 3 is 2.10 bits per heavy atom. The van der Waals surface area contributed by atoms with Crippen LogP contribution in [0.2, 0.25) is 0 Å². The van der Waals surface area contributed by atoms with E-state index < -0.39 is 0 Å². The fourth-order valence-electron chi connectivity index (χ4n) is 0.439. The van der Waals surface area contributed by atoms with Crippen LogP contribution in [0, 0.1) is 11.3 Å². The third kappa shape index (κ3) is 3.47. The molecule has 0 aliphatic rings. The maximum Gasteiger partial charge on any atom is 0.272 e. The van der Waals surface area contributed by atoms with E-state index in [1.54, 1.807) is 0 Å². The molecule has 0 aromatic carbocycles. The second-order valence-corrected chi connectivity index (χ2v) is 3.71. The van der Waals surface area contributed by atoms with Crippen molar-refractivity contribution in [1.82, 2.24) is 4.67 Å². The van der Waals surface area contributed by atoms with Crippen molar-refractivity contribution in [3.05, 3.63) is 0 Å². The van der Waals surface area contributed by atoms with Crippen molar-refractivity contribution in [3.8, 4) is 0 Å². The van der Waals surface area contributed by atoms with Gasteiger partial charge in [-0.25, -0.2) is 0 Å². The van der Waals surface area contributed by atoms with Gasteiger partial charge in [-0.3, -0.25) is 0 Å². The molecule has 0 spiro atoms. The van der Waals surface area contributed by atoms with Crippen LogP contribution in [0.15, 0.2) is 0 Å². The summed E-state index contributed by atoms with van der Waals surface area (Å²) in [6.07, 6.45) is 3.82. The van der Waals surface area contributed by atoms with E-state index >= 15 is 0 Å². The molecule has 0 saturated heterocycles. The van der Waals surface area contributed by atoms with Crippen LogP contribution in [0.1, 0.15) is 34.6 Å². The molecule has 0 aromatic rings. The lowest BCUT2D eigenvalue weighted by atomic mass is 9.83. The highest BCUT2D eigenvalue weighted by Crippen LogP contribution is 2.22. The Labute approximate surface area is 63.9 Å². The summed E-state index contributed by atoms with van der Waals surface area (Å²) in [5, 5.41) is 0. The molecular formula is C9H18N+. The zero-order chi connectivity index (χ0) is 8.20. The standard InChI is InChI=1S/C9H18N/c1-6-10-7-8(2)9(3,4)5/h6-8H,1-5H3/q+1. The molecule has 0 aliphatic heterocycles. The molecule has 0 aliphatic carbocycles. The Hall–Kier alpha value is -0.550. The molecule has 1 unspecified atom stereocenters. The maximum absolute atomic E-state index is 4.09. The Balaban J connectivity index is 4.10. The van der Waals surface area contributed by atoms with Crippen LogP contribution >= 0.6 is 0 Å². The van der Waals surface area contributed by atoms with Gasteiger partial charge in [0.25, 0.3) is 12.4 Å². The van der Waals surface area contributed by atoms with E-state index in [2.05, 4.69) is 32.4 Å². The van der Waals surface area contributed by atoms with E-state index in [4.69, 9.17) is 0 Å². The first-order valence-electron chi connectivity index (χ1n) is 3.79. The van der Waals surface area contributed by atoms with Crippen molar-refractivity contribution >= 4 is 12.4 Å². The average Bonchev–Trinajstić information content (AvgIpc) is 1.80. The number of nitrogens with zero attached hydrogens (tertiary/aromatic N) is 1. The summed E-state index contributed by atoms with van der Waals surface area (Å²) >= 11 is 0. The van der Waals surface area contributed by atoms with Crippen LogP contribution in [-0.4, -0.2) is 12.4 Å². The van der Waals surface area contributed by atoms with Crippen molar-refractivity contribution in [2.75, 3.05) is 0 Å². The summed E-state index contributed by atoms with van der Waals surface area (Å²) in [5.41, 5.74) is 0.340. The summed E-state index contributed by atoms with van der Waals surface area (Å²) in [6.45, 7) is 10.8. The average molecular weight is 140 g/mol. The molecule has 1 atom stereocenters. The van der Waals surface area contributed by atoms with Gasteiger partial charge in [0, 0.05) is 6.92 Å². The van der Waals surface area contributed by atoms with Gasteiger partial charge >= 0.3 is 0 Å². The zero-order valence-corrected chi connectivity index (χ0v) is 7.68. The minimum absolute atomic E-state index is 0.340. The molecule has 0 rings (SSSR count). The molecular weight excluding hydrogens is 122 g/mol. The highest BCUT2D eigenvalue weighted by molar-refractivity contribution is 5.66. The van der Waals surface area contributed by atoms with Crippen LogP contribution < -0.4 is 4.67 Å². The first-order valence-corrected chi connectivity index (χ1v) is 3.79. The van der Waals surface area contributed by atoms with Crippen molar-refractivity contribution < 1.29 is 0 Å². The quantitative estimate of drug-likeness (QED) is 0.390. The fraction of sp³-hybridized carbons (Fsp3) is 0.778. The molecule has 0 aromatic heterocycles. The summed E-state index contributed by atoms with van der Waals surface area (Å²) in [5.74, 6) is 0.545. The van der Waals surface area contributed by atoms with Gasteiger partial charge < -0.3 is 0 Å². The molecule has 0 heterocycles. The summed E-state index contributed by atoms with van der Waals surface area (Å²) in [6, 6.07) is 0. The van der Waals surface area contributed by atoms with E-state index in [0.29, 0.717) is 11.3 Å². The van der Waals surface area contributed by atoms with Gasteiger partial charge in [0.15, 0.2) is 0 Å². The largest absolute Gasteiger partial charge is 0.272 e. The van der Waals surface area contributed by atoms with Gasteiger partial charge in [0.1, 0.15) is 0 Å². The predicted octanol–water partition coefficient (Wildman–Crippen LogP) is 1.90. The highest BCUT2D eigenvalue weighted by atomic mass is 14.5. The SMILES string of the molecule is CC=[N+]=CC(C)C(C)(C)C. The molecule has 0 saturated carbocycles. The molecule has 1 nitrogen and oxygen atoms in total. The second-order valence-electron chi connectivity index (χ2n) is 3.71. The third-order valence-electron chi connectivity index (χ3n) is 1.82. The van der Waals surface area contributed by atoms with Gasteiger partial charge in [-0.05, 0) is 5.41 Å². The monoisotopic (exact) mass is 140 g/mol. The Bertz CT molecular complexity index is 145. The smallest absolute Gasteiger partial charge is 0.111 e. The van der Waals surface area contributed by atoms with Crippen LogP contribution in [0.4, 0.5) is 0 Å². The van der Waals surface area contributed by atoms with Crippen LogP contribution in [0.5, 0.6) is 0 Å². The summed E-state index contributed by atoms with van der Waals surface area (Å²) in [7, 11) is 0. The van der Waals surface area contributed by atoms with Crippen LogP contribution in [0.25, 0.3) is 0 Å². The van der Waals surface area contributed by atoms with Gasteiger partial charge in [0.05, 0.1) is 5.92 Å². The van der Waals surface area contributed by atoms with Crippen molar-refractivity contribution in [2.24, 2.45) is 11.3 Å². The lowest BCUT2D eigenvalue weighted by Crippen LogP contribution is -2.19. The molecule has 0 amide bonds. The first kappa shape index (κ1) is 9.45. The van der Waals surface area contributed by atoms with Crippen molar-refractivity contribution in [1.29, 1.82) is 0 Å². The fourth-order valence-corrected chi connectivity index (χ4v) is 0.439. The van der Waals surface area contributed by atoms with Crippen LogP contribution in [-0.2, 0) is 0 Å². The van der Waals surface area contributed by atoms with Gasteiger partial charge in [0.2, 0.25) is 0 Å². The van der Waals surface area contributed by atoms with Crippen molar-refractivity contribution in [3.63, 3.8) is 0 Å². The van der Waals surface area contributed by atoms with Gasteiger partial charge in [-0.1, -0.05) is 27.7 Å². The normalized spacial score (nSPS) is 13.7. The minimum Gasteiger partial charge on any atom is -0.111 e. The number of rotatable bonds is 1. The molecule has 0 fully saturated rings. The van der Waals surface area contributed by atoms with Crippen molar-refractivity contribution in [2.45, 2.75) is 34.6 Å². The lowest BCUT2D eigenvalue weighted by Gasteiger charge is -2.19. The predicted molar refractivity (Wildman–Crippen MR) is 48.6 cm³/mol. The van der Waals surface area contributed by atoms with Crippen LogP contribution in [0.3, 0.4) is 0 Å². The maximum atomic E-state index is 4.09. The lowest BCUT2D eigenvalue weighted by molar-refractivity contribution is 0.338. The van der Waals surface area contributed by atoms with E-state index in [-0.39, 0.29) is 0 Å². The van der Waals surface area contributed by atoms with E-state index in [1.807, 2.05) is 19.4 Å². The Kier molecular flexibility index (Phi) is 3.38. The van der Waals surface area contributed by atoms with Gasteiger partial charge in [-0.2, -0.15) is 0 Å². The highest BCUT2D eigenvalue weighted by Gasteiger charge is 2.21.